The number of sulfonamides is 1. The van der Waals surface area contributed by atoms with Gasteiger partial charge in [0.05, 0.1) is 12.2 Å². The van der Waals surface area contributed by atoms with Crippen LogP contribution in [-0.4, -0.2) is 40.3 Å². The fourth-order valence-electron chi connectivity index (χ4n) is 3.05. The van der Waals surface area contributed by atoms with Crippen molar-refractivity contribution in [2.24, 2.45) is 0 Å². The first kappa shape index (κ1) is 24.8. The third-order valence-corrected chi connectivity index (χ3v) is 8.50. The molecule has 0 aliphatic heterocycles. The van der Waals surface area contributed by atoms with Gasteiger partial charge in [-0.2, -0.15) is 4.31 Å². The monoisotopic (exact) mass is 488 g/mol. The minimum absolute atomic E-state index is 0.0132. The zero-order valence-electron chi connectivity index (χ0n) is 18.9. The van der Waals surface area contributed by atoms with Crippen LogP contribution in [0.4, 0.5) is 5.82 Å². The lowest BCUT2D eigenvalue weighted by molar-refractivity contribution is -0.134. The molecule has 3 aromatic rings. The Bertz CT molecular complexity index is 1190. The summed E-state index contributed by atoms with van der Waals surface area (Å²) in [6.07, 6.45) is 2.43. The normalized spacial score (nSPS) is 12.1. The van der Waals surface area contributed by atoms with Crippen molar-refractivity contribution < 1.29 is 18.3 Å². The van der Waals surface area contributed by atoms with Crippen LogP contribution in [0.5, 0.6) is 0 Å². The Morgan fingerprint density at radius 2 is 1.91 bits per heavy atom. The van der Waals surface area contributed by atoms with E-state index >= 15 is 0 Å². The molecule has 0 bridgehead atoms. The number of carboxylic acid groups (broad SMARTS) is 1. The number of carbonyl (C=O) groups is 1. The van der Waals surface area contributed by atoms with E-state index in [9.17, 15) is 13.2 Å². The molecule has 0 unspecified atom stereocenters. The van der Waals surface area contributed by atoms with Gasteiger partial charge in [-0.05, 0) is 48.2 Å². The number of aromatic nitrogens is 2. The molecule has 0 saturated carbocycles. The van der Waals surface area contributed by atoms with Gasteiger partial charge in [-0.15, -0.1) is 11.3 Å². The highest BCUT2D eigenvalue weighted by Gasteiger charge is 2.28. The van der Waals surface area contributed by atoms with E-state index in [-0.39, 0.29) is 30.1 Å². The van der Waals surface area contributed by atoms with E-state index in [1.807, 2.05) is 6.07 Å². The van der Waals surface area contributed by atoms with Gasteiger partial charge < -0.3 is 10.4 Å². The van der Waals surface area contributed by atoms with Crippen molar-refractivity contribution in [2.75, 3.05) is 11.9 Å². The Morgan fingerprint density at radius 1 is 1.12 bits per heavy atom. The van der Waals surface area contributed by atoms with Crippen LogP contribution < -0.4 is 5.32 Å². The third-order valence-electron chi connectivity index (χ3n) is 5.35. The number of nitrogens with one attached hydrogen (secondary N) is 1. The van der Waals surface area contributed by atoms with Gasteiger partial charge in [-0.25, -0.2) is 18.4 Å². The summed E-state index contributed by atoms with van der Waals surface area (Å²) in [7, 11) is -3.89. The summed E-state index contributed by atoms with van der Waals surface area (Å²) < 4.78 is 28.3. The molecule has 3 rings (SSSR count). The molecule has 0 aromatic carbocycles. The summed E-state index contributed by atoms with van der Waals surface area (Å²) >= 11 is 1.60. The van der Waals surface area contributed by atoms with E-state index in [0.29, 0.717) is 11.5 Å². The number of anilines is 1. The molecule has 2 N–H and O–H groups in total. The Kier molecular flexibility index (Phi) is 7.83. The van der Waals surface area contributed by atoms with Crippen molar-refractivity contribution in [3.8, 4) is 0 Å². The maximum Gasteiger partial charge on any atom is 0.322 e. The molecule has 0 amide bonds. The van der Waals surface area contributed by atoms with Crippen LogP contribution in [0.25, 0.3) is 0 Å². The van der Waals surface area contributed by atoms with Gasteiger partial charge in [0.15, 0.2) is 5.03 Å². The Morgan fingerprint density at radius 3 is 2.58 bits per heavy atom. The molecule has 10 heteroatoms. The van der Waals surface area contributed by atoms with E-state index in [2.05, 4.69) is 42.1 Å². The van der Waals surface area contributed by atoms with Crippen molar-refractivity contribution in [1.29, 1.82) is 0 Å². The van der Waals surface area contributed by atoms with Gasteiger partial charge in [-0.1, -0.05) is 32.9 Å². The first-order chi connectivity index (χ1) is 15.6. The average Bonchev–Trinajstić information content (AvgIpc) is 3.28. The summed E-state index contributed by atoms with van der Waals surface area (Å²) in [5.41, 5.74) is 0.509. The zero-order valence-corrected chi connectivity index (χ0v) is 20.5. The molecule has 0 saturated heterocycles. The van der Waals surface area contributed by atoms with Crippen LogP contribution in [-0.2, 0) is 33.3 Å². The zero-order chi connectivity index (χ0) is 24.1. The molecule has 8 nitrogen and oxygen atoms in total. The predicted octanol–water partition coefficient (Wildman–Crippen LogP) is 4.11. The lowest BCUT2D eigenvalue weighted by Gasteiger charge is -2.22. The number of hydrogen-bond donors (Lipinski definition) is 2. The highest BCUT2D eigenvalue weighted by molar-refractivity contribution is 7.89. The van der Waals surface area contributed by atoms with Crippen LogP contribution in [0.2, 0.25) is 0 Å². The highest BCUT2D eigenvalue weighted by atomic mass is 32.2. The second kappa shape index (κ2) is 10.4. The summed E-state index contributed by atoms with van der Waals surface area (Å²) in [4.78, 5) is 21.4. The Labute approximate surface area is 198 Å². The van der Waals surface area contributed by atoms with Crippen LogP contribution in [0, 0.1) is 0 Å². The molecule has 3 heterocycles. The predicted molar refractivity (Wildman–Crippen MR) is 129 cm³/mol. The molecule has 0 radical (unpaired) electrons. The molecule has 0 atom stereocenters. The van der Waals surface area contributed by atoms with E-state index in [1.54, 1.807) is 41.7 Å². The quantitative estimate of drug-likeness (QED) is 0.418. The average molecular weight is 489 g/mol. The standard InChI is InChI=1S/C23H28N4O4S2/c1-4-23(2,3)19-12-11-18(32-19)16-27(33(30,31)21-10-5-6-13-24-21)15-17-8-7-9-20(26-17)25-14-22(28)29/h5-13H,4,14-16H2,1-3H3,(H,25,26)(H,28,29). The summed E-state index contributed by atoms with van der Waals surface area (Å²) in [6.45, 7) is 6.39. The van der Waals surface area contributed by atoms with Crippen LogP contribution in [0.3, 0.4) is 0 Å². The van der Waals surface area contributed by atoms with Crippen molar-refractivity contribution in [3.63, 3.8) is 0 Å². The molecular weight excluding hydrogens is 460 g/mol. The minimum atomic E-state index is -3.89. The lowest BCUT2D eigenvalue weighted by Crippen LogP contribution is -2.31. The number of aliphatic carboxylic acids is 1. The number of nitrogens with zero attached hydrogens (tertiary/aromatic N) is 3. The van der Waals surface area contributed by atoms with Gasteiger partial charge in [0, 0.05) is 22.5 Å². The molecule has 3 aromatic heterocycles. The van der Waals surface area contributed by atoms with Gasteiger partial charge >= 0.3 is 5.97 Å². The van der Waals surface area contributed by atoms with Crippen molar-refractivity contribution in [2.45, 2.75) is 50.7 Å². The Hall–Kier alpha value is -2.82. The lowest BCUT2D eigenvalue weighted by atomic mass is 9.89. The van der Waals surface area contributed by atoms with E-state index < -0.39 is 16.0 Å². The van der Waals surface area contributed by atoms with Crippen LogP contribution in [0.15, 0.2) is 59.8 Å². The summed E-state index contributed by atoms with van der Waals surface area (Å²) in [6, 6.07) is 13.9. The molecule has 0 fully saturated rings. The number of carboxylic acids is 1. The van der Waals surface area contributed by atoms with Crippen molar-refractivity contribution in [3.05, 3.63) is 70.2 Å². The summed E-state index contributed by atoms with van der Waals surface area (Å²) in [5, 5.41) is 11.6. The molecular formula is C23H28N4O4S2. The smallest absolute Gasteiger partial charge is 0.322 e. The molecule has 0 spiro atoms. The number of hydrogen-bond acceptors (Lipinski definition) is 7. The van der Waals surface area contributed by atoms with Crippen LogP contribution >= 0.6 is 11.3 Å². The van der Waals surface area contributed by atoms with Crippen LogP contribution in [0.1, 0.15) is 42.6 Å². The summed E-state index contributed by atoms with van der Waals surface area (Å²) in [5.74, 6) is -0.641. The van der Waals surface area contributed by atoms with Crippen molar-refractivity contribution >= 4 is 33.1 Å². The van der Waals surface area contributed by atoms with Gasteiger partial charge in [0.2, 0.25) is 0 Å². The largest absolute Gasteiger partial charge is 0.480 e. The first-order valence-electron chi connectivity index (χ1n) is 10.5. The topological polar surface area (TPSA) is 112 Å². The first-order valence-corrected chi connectivity index (χ1v) is 12.8. The Balaban J connectivity index is 1.92. The molecule has 176 valence electrons. The maximum atomic E-state index is 13.4. The molecule has 33 heavy (non-hydrogen) atoms. The van der Waals surface area contributed by atoms with Crippen molar-refractivity contribution in [1.82, 2.24) is 14.3 Å². The third kappa shape index (κ3) is 6.37. The van der Waals surface area contributed by atoms with E-state index in [1.165, 1.54) is 21.4 Å². The number of rotatable bonds is 11. The fourth-order valence-corrected chi connectivity index (χ4v) is 5.64. The minimum Gasteiger partial charge on any atom is -0.480 e. The SMILES string of the molecule is CCC(C)(C)c1ccc(CN(Cc2cccc(NCC(=O)O)n2)S(=O)(=O)c2ccccn2)s1. The van der Waals surface area contributed by atoms with Gasteiger partial charge in [0.25, 0.3) is 10.0 Å². The molecule has 0 aliphatic rings. The van der Waals surface area contributed by atoms with Gasteiger partial charge in [0.1, 0.15) is 12.4 Å². The number of thiophene rings is 1. The second-order valence-electron chi connectivity index (χ2n) is 8.21. The van der Waals surface area contributed by atoms with Gasteiger partial charge in [-0.3, -0.25) is 4.79 Å². The molecule has 0 aliphatic carbocycles. The fraction of sp³-hybridized carbons (Fsp3) is 0.348. The second-order valence-corrected chi connectivity index (χ2v) is 11.3. The maximum absolute atomic E-state index is 13.4. The highest BCUT2D eigenvalue weighted by Crippen LogP contribution is 2.33. The van der Waals surface area contributed by atoms with E-state index in [0.717, 1.165) is 11.3 Å². The number of pyridine rings is 2. The van der Waals surface area contributed by atoms with E-state index in [4.69, 9.17) is 5.11 Å².